The summed E-state index contributed by atoms with van der Waals surface area (Å²) >= 11 is 1.55. The van der Waals surface area contributed by atoms with E-state index in [2.05, 4.69) is 29.4 Å². The number of hydrogen-bond acceptors (Lipinski definition) is 5. The number of nitrogens with one attached hydrogen (secondary N) is 1. The molecular weight excluding hydrogens is 366 g/mol. The van der Waals surface area contributed by atoms with Crippen LogP contribution < -0.4 is 9.62 Å². The van der Waals surface area contributed by atoms with Crippen LogP contribution >= 0.6 is 11.3 Å². The van der Waals surface area contributed by atoms with E-state index in [1.807, 2.05) is 35.7 Å². The maximum absolute atomic E-state index is 11.6. The molecule has 0 spiro atoms. The molecule has 7 heteroatoms. The molecule has 0 bridgehead atoms. The van der Waals surface area contributed by atoms with Crippen molar-refractivity contribution in [3.63, 3.8) is 0 Å². The van der Waals surface area contributed by atoms with Gasteiger partial charge in [0.1, 0.15) is 0 Å². The maximum atomic E-state index is 11.6. The lowest BCUT2D eigenvalue weighted by atomic mass is 10.1. The minimum absolute atomic E-state index is 0.168. The average molecular weight is 388 g/mol. The number of anilines is 2. The van der Waals surface area contributed by atoms with Crippen molar-refractivity contribution >= 4 is 32.2 Å². The van der Waals surface area contributed by atoms with Crippen molar-refractivity contribution < 1.29 is 8.42 Å². The molecule has 0 saturated heterocycles. The van der Waals surface area contributed by atoms with Crippen LogP contribution in [-0.4, -0.2) is 26.7 Å². The van der Waals surface area contributed by atoms with Gasteiger partial charge in [0.25, 0.3) is 0 Å². The van der Waals surface area contributed by atoms with Crippen LogP contribution in [0, 0.1) is 0 Å². The Balaban J connectivity index is 1.73. The molecule has 136 valence electrons. The van der Waals surface area contributed by atoms with Gasteiger partial charge in [-0.1, -0.05) is 42.5 Å². The van der Waals surface area contributed by atoms with Crippen LogP contribution in [0.2, 0.25) is 0 Å². The molecule has 26 heavy (non-hydrogen) atoms. The van der Waals surface area contributed by atoms with Crippen molar-refractivity contribution in [3.8, 4) is 11.3 Å². The van der Waals surface area contributed by atoms with Crippen LogP contribution in [0.3, 0.4) is 0 Å². The van der Waals surface area contributed by atoms with Gasteiger partial charge in [0.2, 0.25) is 10.0 Å². The van der Waals surface area contributed by atoms with E-state index in [1.54, 1.807) is 30.5 Å². The first-order chi connectivity index (χ1) is 12.3. The van der Waals surface area contributed by atoms with E-state index in [0.717, 1.165) is 16.4 Å². The smallest absolute Gasteiger partial charge is 0.231 e. The highest BCUT2D eigenvalue weighted by molar-refractivity contribution is 7.92. The van der Waals surface area contributed by atoms with Gasteiger partial charge in [-0.2, -0.15) is 0 Å². The number of nitrogens with zero attached hydrogens (tertiary/aromatic N) is 2. The van der Waals surface area contributed by atoms with Gasteiger partial charge in [0.15, 0.2) is 5.13 Å². The SMILES string of the molecule is C[C@@H](Nc1nc(-c2ccc(N(C)S(C)(=O)=O)cc2)cs1)c1ccccc1. The van der Waals surface area contributed by atoms with Crippen molar-refractivity contribution in [3.05, 3.63) is 65.5 Å². The number of thiazole rings is 1. The fourth-order valence-electron chi connectivity index (χ4n) is 2.52. The molecule has 1 N–H and O–H groups in total. The summed E-state index contributed by atoms with van der Waals surface area (Å²) in [5.74, 6) is 0. The first kappa shape index (κ1) is 18.4. The topological polar surface area (TPSA) is 62.3 Å². The Labute approximate surface area is 158 Å². The molecule has 1 atom stereocenters. The third-order valence-corrected chi connectivity index (χ3v) is 6.15. The van der Waals surface area contributed by atoms with Gasteiger partial charge >= 0.3 is 0 Å². The van der Waals surface area contributed by atoms with E-state index in [-0.39, 0.29) is 6.04 Å². The van der Waals surface area contributed by atoms with E-state index >= 15 is 0 Å². The highest BCUT2D eigenvalue weighted by atomic mass is 32.2. The summed E-state index contributed by atoms with van der Waals surface area (Å²) in [7, 11) is -1.72. The van der Waals surface area contributed by atoms with Gasteiger partial charge < -0.3 is 5.32 Å². The van der Waals surface area contributed by atoms with Gasteiger partial charge in [-0.15, -0.1) is 11.3 Å². The molecule has 0 amide bonds. The van der Waals surface area contributed by atoms with Gasteiger partial charge in [-0.3, -0.25) is 4.31 Å². The number of rotatable bonds is 6. The predicted octanol–water partition coefficient (Wildman–Crippen LogP) is 4.38. The van der Waals surface area contributed by atoms with E-state index in [9.17, 15) is 8.42 Å². The molecule has 5 nitrogen and oxygen atoms in total. The second-order valence-electron chi connectivity index (χ2n) is 6.09. The van der Waals surface area contributed by atoms with E-state index in [0.29, 0.717) is 5.69 Å². The molecule has 0 aliphatic heterocycles. The highest BCUT2D eigenvalue weighted by Gasteiger charge is 2.13. The summed E-state index contributed by atoms with van der Waals surface area (Å²) < 4.78 is 24.5. The molecule has 0 saturated carbocycles. The first-order valence-corrected chi connectivity index (χ1v) is 10.9. The van der Waals surface area contributed by atoms with Crippen LogP contribution in [0.25, 0.3) is 11.3 Å². The number of benzene rings is 2. The van der Waals surface area contributed by atoms with Crippen LogP contribution in [0.4, 0.5) is 10.8 Å². The molecule has 0 fully saturated rings. The zero-order chi connectivity index (χ0) is 18.7. The molecule has 3 rings (SSSR count). The molecule has 2 aromatic carbocycles. The Morgan fingerprint density at radius 3 is 2.35 bits per heavy atom. The van der Waals surface area contributed by atoms with Crippen molar-refractivity contribution in [2.75, 3.05) is 22.9 Å². The molecule has 0 unspecified atom stereocenters. The molecule has 3 aromatic rings. The van der Waals surface area contributed by atoms with E-state index in [4.69, 9.17) is 0 Å². The van der Waals surface area contributed by atoms with Gasteiger partial charge in [-0.05, 0) is 24.6 Å². The normalized spacial score (nSPS) is 12.6. The lowest BCUT2D eigenvalue weighted by Gasteiger charge is -2.16. The number of hydrogen-bond donors (Lipinski definition) is 1. The van der Waals surface area contributed by atoms with E-state index in [1.165, 1.54) is 16.1 Å². The third kappa shape index (κ3) is 4.23. The number of aromatic nitrogens is 1. The molecule has 0 radical (unpaired) electrons. The predicted molar refractivity (Wildman–Crippen MR) is 109 cm³/mol. The Bertz CT molecular complexity index is 968. The Morgan fingerprint density at radius 1 is 1.08 bits per heavy atom. The third-order valence-electron chi connectivity index (χ3n) is 4.17. The summed E-state index contributed by atoms with van der Waals surface area (Å²) in [6, 6.07) is 17.7. The standard InChI is InChI=1S/C19H21N3O2S2/c1-14(15-7-5-4-6-8-15)20-19-21-18(13-25-19)16-9-11-17(12-10-16)22(2)26(3,23)24/h4-14H,1-3H3,(H,20,21)/t14-/m1/s1. The summed E-state index contributed by atoms with van der Waals surface area (Å²) in [4.78, 5) is 4.64. The second-order valence-corrected chi connectivity index (χ2v) is 8.96. The van der Waals surface area contributed by atoms with E-state index < -0.39 is 10.0 Å². The highest BCUT2D eigenvalue weighted by Crippen LogP contribution is 2.29. The summed E-state index contributed by atoms with van der Waals surface area (Å²) in [5, 5.41) is 6.27. The number of sulfonamides is 1. The molecule has 1 aromatic heterocycles. The quantitative estimate of drug-likeness (QED) is 0.682. The van der Waals surface area contributed by atoms with Gasteiger partial charge in [-0.25, -0.2) is 13.4 Å². The van der Waals surface area contributed by atoms with Crippen molar-refractivity contribution in [2.45, 2.75) is 13.0 Å². The fourth-order valence-corrected chi connectivity index (χ4v) is 3.83. The largest absolute Gasteiger partial charge is 0.355 e. The summed E-state index contributed by atoms with van der Waals surface area (Å²) in [6.45, 7) is 2.10. The summed E-state index contributed by atoms with van der Waals surface area (Å²) in [5.41, 5.74) is 3.65. The van der Waals surface area contributed by atoms with Crippen LogP contribution in [-0.2, 0) is 10.0 Å². The zero-order valence-electron chi connectivity index (χ0n) is 14.9. The van der Waals surface area contributed by atoms with Crippen molar-refractivity contribution in [1.82, 2.24) is 4.98 Å². The summed E-state index contributed by atoms with van der Waals surface area (Å²) in [6.07, 6.45) is 1.19. The van der Waals surface area contributed by atoms with Gasteiger partial charge in [0.05, 0.1) is 23.7 Å². The molecule has 0 aliphatic carbocycles. The van der Waals surface area contributed by atoms with Crippen LogP contribution in [0.1, 0.15) is 18.5 Å². The Kier molecular flexibility index (Phi) is 5.29. The van der Waals surface area contributed by atoms with Gasteiger partial charge in [0, 0.05) is 18.0 Å². The monoisotopic (exact) mass is 387 g/mol. The lowest BCUT2D eigenvalue weighted by Crippen LogP contribution is -2.24. The Hall–Kier alpha value is -2.38. The van der Waals surface area contributed by atoms with Crippen molar-refractivity contribution in [2.24, 2.45) is 0 Å². The second kappa shape index (κ2) is 7.47. The lowest BCUT2D eigenvalue weighted by molar-refractivity contribution is 0.600. The molecular formula is C19H21N3O2S2. The fraction of sp³-hybridized carbons (Fsp3) is 0.211. The van der Waals surface area contributed by atoms with Crippen LogP contribution in [0.5, 0.6) is 0 Å². The maximum Gasteiger partial charge on any atom is 0.231 e. The van der Waals surface area contributed by atoms with Crippen LogP contribution in [0.15, 0.2) is 60.0 Å². The molecule has 0 aliphatic rings. The Morgan fingerprint density at radius 2 is 1.73 bits per heavy atom. The molecule has 1 heterocycles. The first-order valence-electron chi connectivity index (χ1n) is 8.16. The average Bonchev–Trinajstić information content (AvgIpc) is 3.09. The minimum atomic E-state index is -3.26. The van der Waals surface area contributed by atoms with Crippen molar-refractivity contribution in [1.29, 1.82) is 0 Å². The minimum Gasteiger partial charge on any atom is -0.355 e. The zero-order valence-corrected chi connectivity index (χ0v) is 16.5.